The van der Waals surface area contributed by atoms with Crippen molar-refractivity contribution in [2.45, 2.75) is 81.1 Å². The van der Waals surface area contributed by atoms with Crippen molar-refractivity contribution in [3.05, 3.63) is 59.2 Å². The van der Waals surface area contributed by atoms with Crippen LogP contribution < -0.4 is 10.2 Å². The Labute approximate surface area is 289 Å². The van der Waals surface area contributed by atoms with Crippen molar-refractivity contribution in [2.24, 2.45) is 38.2 Å². The quantitative estimate of drug-likeness (QED) is 0.113. The molecule has 0 aliphatic carbocycles. The van der Waals surface area contributed by atoms with E-state index in [1.165, 1.54) is 18.3 Å². The molecule has 0 aliphatic heterocycles. The lowest BCUT2D eigenvalue weighted by atomic mass is 10.0. The van der Waals surface area contributed by atoms with E-state index in [9.17, 15) is 14.9 Å². The van der Waals surface area contributed by atoms with Crippen LogP contribution in [0.2, 0.25) is 0 Å². The summed E-state index contributed by atoms with van der Waals surface area (Å²) in [5.41, 5.74) is 4.41. The zero-order chi connectivity index (χ0) is 35.2. The Kier molecular flexibility index (Phi) is 14.9. The fourth-order valence-electron chi connectivity index (χ4n) is 5.17. The summed E-state index contributed by atoms with van der Waals surface area (Å²) in [7, 11) is 0. The van der Waals surface area contributed by atoms with Gasteiger partial charge in [0.1, 0.15) is 16.8 Å². The van der Waals surface area contributed by atoms with Crippen LogP contribution in [0, 0.1) is 36.0 Å². The largest absolute Gasteiger partial charge is 0.462 e. The zero-order valence-electron chi connectivity index (χ0n) is 29.5. The number of nitriles is 1. The molecule has 3 aromatic rings. The molecule has 1 atom stereocenters. The molecule has 48 heavy (non-hydrogen) atoms. The molecule has 3 rings (SSSR count). The summed E-state index contributed by atoms with van der Waals surface area (Å²) in [5.74, 6) is 0.732. The van der Waals surface area contributed by atoms with Gasteiger partial charge in [0.2, 0.25) is 5.91 Å². The van der Waals surface area contributed by atoms with Gasteiger partial charge in [-0.2, -0.15) is 5.26 Å². The van der Waals surface area contributed by atoms with Crippen LogP contribution >= 0.6 is 11.3 Å². The van der Waals surface area contributed by atoms with Crippen molar-refractivity contribution in [3.63, 3.8) is 0 Å². The highest BCUT2D eigenvalue weighted by molar-refractivity contribution is 7.19. The maximum absolute atomic E-state index is 12.5. The first kappa shape index (κ1) is 38.0. The Morgan fingerprint density at radius 2 is 1.67 bits per heavy atom. The Hall–Kier alpha value is -4.43. The van der Waals surface area contributed by atoms with Crippen LogP contribution in [0.25, 0.3) is 0 Å². The van der Waals surface area contributed by atoms with Crippen LogP contribution in [-0.2, 0) is 9.53 Å². The molecule has 0 spiro atoms. The van der Waals surface area contributed by atoms with E-state index in [-0.39, 0.29) is 11.9 Å². The van der Waals surface area contributed by atoms with Crippen molar-refractivity contribution in [1.29, 1.82) is 5.26 Å². The summed E-state index contributed by atoms with van der Waals surface area (Å²) in [6.45, 7) is 18.7. The number of amides is 1. The number of carbonyl (C=O) groups excluding carboxylic acids is 2. The summed E-state index contributed by atoms with van der Waals surface area (Å²) in [6.07, 6.45) is 4.29. The highest BCUT2D eigenvalue weighted by atomic mass is 32.1. The molecular weight excluding hydrogens is 623 g/mol. The van der Waals surface area contributed by atoms with E-state index in [2.05, 4.69) is 78.3 Å². The van der Waals surface area contributed by atoms with E-state index in [0.717, 1.165) is 50.0 Å². The minimum absolute atomic E-state index is 0.213. The van der Waals surface area contributed by atoms with Gasteiger partial charge in [0.25, 0.3) is 0 Å². The smallest absolute Gasteiger partial charge is 0.338 e. The highest BCUT2D eigenvalue weighted by Crippen LogP contribution is 2.40. The molecule has 0 bridgehead atoms. The molecule has 0 aliphatic rings. The average Bonchev–Trinajstić information content (AvgIpc) is 3.45. The Morgan fingerprint density at radius 1 is 0.979 bits per heavy atom. The van der Waals surface area contributed by atoms with Crippen LogP contribution in [0.5, 0.6) is 0 Å². The van der Waals surface area contributed by atoms with E-state index in [0.29, 0.717) is 62.6 Å². The minimum Gasteiger partial charge on any atom is -0.462 e. The van der Waals surface area contributed by atoms with Crippen molar-refractivity contribution < 1.29 is 14.3 Å². The molecule has 1 aromatic heterocycles. The molecule has 10 nitrogen and oxygen atoms in total. The number of unbranched alkanes of at least 4 members (excludes halogenated alkanes) is 1. The standard InChI is InChI=1S/C37H49N7O3S/c1-9-11-12-28(10-2)23-47-37(46)29-13-15-31(16-14-29)40-42-35-18-30(20-38)36(48-35)43-41-33-17-26(7)34(19-32(33)39-27(8)45)44(21-24(3)4)22-25(5)6/h13-19,24-25,28H,9-12,21-23H2,1-8H3,(H,39,45). The third kappa shape index (κ3) is 11.7. The molecule has 0 saturated carbocycles. The molecule has 1 amide bonds. The van der Waals surface area contributed by atoms with Crippen molar-refractivity contribution in [3.8, 4) is 6.07 Å². The molecule has 1 unspecified atom stereocenters. The molecule has 1 heterocycles. The second kappa shape index (κ2) is 18.8. The van der Waals surface area contributed by atoms with Crippen LogP contribution in [0.1, 0.15) is 95.6 Å². The third-order valence-corrected chi connectivity index (χ3v) is 8.47. The number of nitrogens with one attached hydrogen (secondary N) is 1. The van der Waals surface area contributed by atoms with Gasteiger partial charge < -0.3 is 15.0 Å². The van der Waals surface area contributed by atoms with Crippen LogP contribution in [0.15, 0.2) is 62.9 Å². The number of rotatable bonds is 17. The zero-order valence-corrected chi connectivity index (χ0v) is 30.4. The molecule has 11 heteroatoms. The van der Waals surface area contributed by atoms with Crippen LogP contribution in [0.4, 0.5) is 32.8 Å². The molecule has 2 aromatic carbocycles. The van der Waals surface area contributed by atoms with Crippen molar-refractivity contribution >= 4 is 56.0 Å². The molecular formula is C37H49N7O3S. The number of benzene rings is 2. The lowest BCUT2D eigenvalue weighted by Crippen LogP contribution is -2.32. The van der Waals surface area contributed by atoms with Gasteiger partial charge in [-0.05, 0) is 79.1 Å². The number of esters is 1. The highest BCUT2D eigenvalue weighted by Gasteiger charge is 2.17. The number of carbonyl (C=O) groups is 2. The number of thiophene rings is 1. The number of nitrogens with zero attached hydrogens (tertiary/aromatic N) is 6. The predicted octanol–water partition coefficient (Wildman–Crippen LogP) is 11.2. The van der Waals surface area contributed by atoms with Gasteiger partial charge in [-0.3, -0.25) is 4.79 Å². The molecule has 1 N–H and O–H groups in total. The topological polar surface area (TPSA) is 132 Å². The Morgan fingerprint density at radius 3 is 2.25 bits per heavy atom. The number of azo groups is 2. The van der Waals surface area contributed by atoms with E-state index >= 15 is 0 Å². The lowest BCUT2D eigenvalue weighted by molar-refractivity contribution is -0.114. The van der Waals surface area contributed by atoms with Crippen molar-refractivity contribution in [2.75, 3.05) is 29.9 Å². The average molecular weight is 672 g/mol. The first-order chi connectivity index (χ1) is 22.9. The van der Waals surface area contributed by atoms with Gasteiger partial charge in [-0.15, -0.1) is 20.5 Å². The van der Waals surface area contributed by atoms with Gasteiger partial charge >= 0.3 is 5.97 Å². The van der Waals surface area contributed by atoms with Crippen LogP contribution in [-0.4, -0.2) is 31.6 Å². The predicted molar refractivity (Wildman–Crippen MR) is 195 cm³/mol. The van der Waals surface area contributed by atoms with Crippen LogP contribution in [0.3, 0.4) is 0 Å². The summed E-state index contributed by atoms with van der Waals surface area (Å²) in [4.78, 5) is 27.0. The van der Waals surface area contributed by atoms with Gasteiger partial charge in [0, 0.05) is 25.7 Å². The monoisotopic (exact) mass is 671 g/mol. The van der Waals surface area contributed by atoms with Gasteiger partial charge in [0.15, 0.2) is 5.00 Å². The number of hydrogen-bond acceptors (Lipinski definition) is 10. The van der Waals surface area contributed by atoms with E-state index in [4.69, 9.17) is 4.74 Å². The molecule has 0 radical (unpaired) electrons. The normalized spacial score (nSPS) is 12.2. The van der Waals surface area contributed by atoms with Gasteiger partial charge in [-0.25, -0.2) is 4.79 Å². The minimum atomic E-state index is -0.352. The fourth-order valence-corrected chi connectivity index (χ4v) is 5.92. The number of anilines is 2. The first-order valence-electron chi connectivity index (χ1n) is 16.8. The number of aryl methyl sites for hydroxylation is 1. The van der Waals surface area contributed by atoms with Gasteiger partial charge in [-0.1, -0.05) is 72.1 Å². The molecule has 0 fully saturated rings. The first-order valence-corrected chi connectivity index (χ1v) is 17.6. The summed E-state index contributed by atoms with van der Waals surface area (Å²) in [6, 6.07) is 14.4. The maximum atomic E-state index is 12.5. The van der Waals surface area contributed by atoms with Gasteiger partial charge in [0.05, 0.1) is 29.1 Å². The molecule has 0 saturated heterocycles. The summed E-state index contributed by atoms with van der Waals surface area (Å²) >= 11 is 1.18. The second-order valence-electron chi connectivity index (χ2n) is 12.9. The number of ether oxygens (including phenoxy) is 1. The Balaban J connectivity index is 1.78. The van der Waals surface area contributed by atoms with E-state index in [1.807, 2.05) is 19.1 Å². The SMILES string of the molecule is CCCCC(CC)COC(=O)c1ccc(N=Nc2cc(C#N)c(N=Nc3cc(C)c(N(CC(C)C)CC(C)C)cc3NC(C)=O)s2)cc1. The Bertz CT molecular complexity index is 1610. The second-order valence-corrected chi connectivity index (χ2v) is 13.9. The van der Waals surface area contributed by atoms with E-state index in [1.54, 1.807) is 30.3 Å². The fraction of sp³-hybridized carbons (Fsp3) is 0.486. The number of hydrogen-bond donors (Lipinski definition) is 1. The third-order valence-electron chi connectivity index (χ3n) is 7.57. The maximum Gasteiger partial charge on any atom is 0.338 e. The van der Waals surface area contributed by atoms with Crippen molar-refractivity contribution in [1.82, 2.24) is 0 Å². The lowest BCUT2D eigenvalue weighted by Gasteiger charge is -2.30. The summed E-state index contributed by atoms with van der Waals surface area (Å²) in [5, 5.41) is 31.0. The molecule has 256 valence electrons. The summed E-state index contributed by atoms with van der Waals surface area (Å²) < 4.78 is 5.54. The van der Waals surface area contributed by atoms with E-state index < -0.39 is 0 Å².